The fraction of sp³-hybridized carbons (Fsp3) is 0.294. The third-order valence-corrected chi connectivity index (χ3v) is 3.04. The monoisotopic (exact) mass is 347 g/mol. The first-order valence-corrected chi connectivity index (χ1v) is 7.69. The minimum atomic E-state index is -0.994. The Morgan fingerprint density at radius 3 is 2.48 bits per heavy atom. The summed E-state index contributed by atoms with van der Waals surface area (Å²) in [7, 11) is 0. The fourth-order valence-corrected chi connectivity index (χ4v) is 1.83. The van der Waals surface area contributed by atoms with E-state index in [0.29, 0.717) is 5.56 Å². The van der Waals surface area contributed by atoms with Crippen LogP contribution in [0.15, 0.2) is 42.5 Å². The van der Waals surface area contributed by atoms with Gasteiger partial charge in [0.2, 0.25) is 11.8 Å². The number of primary amides is 1. The van der Waals surface area contributed by atoms with Crippen molar-refractivity contribution in [2.75, 3.05) is 13.2 Å². The van der Waals surface area contributed by atoms with Crippen LogP contribution in [-0.2, 0) is 19.1 Å². The first-order chi connectivity index (χ1) is 11.9. The molecule has 8 nitrogen and oxygen atoms in total. The first kappa shape index (κ1) is 19.9. The lowest BCUT2D eigenvalue weighted by molar-refractivity contribution is -0.137. The molecule has 0 fully saturated rings. The van der Waals surface area contributed by atoms with E-state index in [1.165, 1.54) is 6.08 Å². The summed E-state index contributed by atoms with van der Waals surface area (Å²) in [4.78, 5) is 46.2. The molecular weight excluding hydrogens is 326 g/mol. The van der Waals surface area contributed by atoms with Gasteiger partial charge in [-0.05, 0) is 25.5 Å². The zero-order chi connectivity index (χ0) is 18.7. The van der Waals surface area contributed by atoms with Crippen LogP contribution in [-0.4, -0.2) is 42.9 Å². The quantitative estimate of drug-likeness (QED) is 0.424. The molecule has 8 heteroatoms. The molecule has 0 aliphatic rings. The molecule has 25 heavy (non-hydrogen) atoms. The fourth-order valence-electron chi connectivity index (χ4n) is 1.83. The van der Waals surface area contributed by atoms with E-state index < -0.39 is 29.7 Å². The third kappa shape index (κ3) is 7.78. The number of nitrogens with two attached hydrogens (primary N) is 1. The molecule has 0 aliphatic heterocycles. The smallest absolute Gasteiger partial charge is 0.330 e. The number of nitrogens with one attached hydrogen (secondary N) is 2. The van der Waals surface area contributed by atoms with E-state index >= 15 is 0 Å². The van der Waals surface area contributed by atoms with Crippen LogP contribution in [0.2, 0.25) is 0 Å². The van der Waals surface area contributed by atoms with Gasteiger partial charge >= 0.3 is 5.97 Å². The van der Waals surface area contributed by atoms with E-state index in [-0.39, 0.29) is 19.6 Å². The molecule has 0 radical (unpaired) electrons. The minimum Gasteiger partial charge on any atom is -0.463 e. The topological polar surface area (TPSA) is 128 Å². The van der Waals surface area contributed by atoms with Gasteiger partial charge in [0.05, 0.1) is 13.2 Å². The van der Waals surface area contributed by atoms with Gasteiger partial charge in [0.1, 0.15) is 6.04 Å². The average molecular weight is 347 g/mol. The lowest BCUT2D eigenvalue weighted by Gasteiger charge is -2.14. The lowest BCUT2D eigenvalue weighted by atomic mass is 10.2. The molecule has 3 amide bonds. The van der Waals surface area contributed by atoms with Crippen LogP contribution < -0.4 is 16.4 Å². The molecule has 1 atom stereocenters. The Morgan fingerprint density at radius 2 is 1.88 bits per heavy atom. The number of hydrogen-bond donors (Lipinski definition) is 3. The SMILES string of the molecule is CCOC(=O)/C=C/C[C@H](NC(=O)CNC(=O)c1ccccc1)C(N)=O. The summed E-state index contributed by atoms with van der Waals surface area (Å²) in [5.74, 6) is -2.28. The van der Waals surface area contributed by atoms with Gasteiger partial charge in [-0.1, -0.05) is 24.3 Å². The van der Waals surface area contributed by atoms with E-state index in [1.807, 2.05) is 0 Å². The normalized spacial score (nSPS) is 11.6. The van der Waals surface area contributed by atoms with Gasteiger partial charge in [-0.2, -0.15) is 0 Å². The maximum absolute atomic E-state index is 11.8. The number of rotatable bonds is 9. The molecule has 0 saturated heterocycles. The molecule has 0 spiro atoms. The molecule has 4 N–H and O–H groups in total. The van der Waals surface area contributed by atoms with E-state index in [0.717, 1.165) is 6.08 Å². The van der Waals surface area contributed by atoms with Crippen molar-refractivity contribution >= 4 is 23.7 Å². The van der Waals surface area contributed by atoms with Crippen LogP contribution in [0.4, 0.5) is 0 Å². The van der Waals surface area contributed by atoms with E-state index in [9.17, 15) is 19.2 Å². The van der Waals surface area contributed by atoms with Crippen molar-refractivity contribution in [1.82, 2.24) is 10.6 Å². The van der Waals surface area contributed by atoms with Crippen molar-refractivity contribution in [3.63, 3.8) is 0 Å². The molecule has 134 valence electrons. The average Bonchev–Trinajstić information content (AvgIpc) is 2.59. The van der Waals surface area contributed by atoms with Gasteiger partial charge in [0.25, 0.3) is 5.91 Å². The predicted molar refractivity (Wildman–Crippen MR) is 90.3 cm³/mol. The highest BCUT2D eigenvalue weighted by molar-refractivity contribution is 5.97. The number of hydrogen-bond acceptors (Lipinski definition) is 5. The van der Waals surface area contributed by atoms with Crippen molar-refractivity contribution in [3.8, 4) is 0 Å². The Labute approximate surface area is 145 Å². The van der Waals surface area contributed by atoms with Crippen LogP contribution in [0, 0.1) is 0 Å². The van der Waals surface area contributed by atoms with Crippen LogP contribution in [0.1, 0.15) is 23.7 Å². The summed E-state index contributed by atoms with van der Waals surface area (Å²) in [6.07, 6.45) is 2.57. The predicted octanol–water partition coefficient (Wildman–Crippen LogP) is -0.104. The summed E-state index contributed by atoms with van der Waals surface area (Å²) >= 11 is 0. The Morgan fingerprint density at radius 1 is 1.20 bits per heavy atom. The van der Waals surface area contributed by atoms with Gasteiger partial charge < -0.3 is 21.1 Å². The molecule has 0 bridgehead atoms. The molecule has 1 aromatic rings. The Kier molecular flexibility index (Phi) is 8.42. The van der Waals surface area contributed by atoms with Crippen LogP contribution in [0.25, 0.3) is 0 Å². The van der Waals surface area contributed by atoms with Crippen molar-refractivity contribution in [3.05, 3.63) is 48.0 Å². The van der Waals surface area contributed by atoms with Crippen molar-refractivity contribution in [2.45, 2.75) is 19.4 Å². The van der Waals surface area contributed by atoms with E-state index in [2.05, 4.69) is 10.6 Å². The molecule has 1 rings (SSSR count). The van der Waals surface area contributed by atoms with Crippen LogP contribution in [0.5, 0.6) is 0 Å². The molecule has 0 aliphatic carbocycles. The maximum atomic E-state index is 11.8. The lowest BCUT2D eigenvalue weighted by Crippen LogP contribution is -2.47. The highest BCUT2D eigenvalue weighted by Gasteiger charge is 2.17. The maximum Gasteiger partial charge on any atom is 0.330 e. The largest absolute Gasteiger partial charge is 0.463 e. The van der Waals surface area contributed by atoms with E-state index in [4.69, 9.17) is 10.5 Å². The molecule has 0 aromatic heterocycles. The first-order valence-electron chi connectivity index (χ1n) is 7.69. The molecule has 0 saturated carbocycles. The second-order valence-electron chi connectivity index (χ2n) is 4.96. The van der Waals surface area contributed by atoms with Gasteiger partial charge in [-0.3, -0.25) is 14.4 Å². The van der Waals surface area contributed by atoms with Gasteiger partial charge in [-0.25, -0.2) is 4.79 Å². The summed E-state index contributed by atoms with van der Waals surface area (Å²) < 4.78 is 4.70. The summed E-state index contributed by atoms with van der Waals surface area (Å²) in [5, 5.41) is 4.84. The standard InChI is InChI=1S/C17H21N3O5/c1-2-25-15(22)10-6-9-13(16(18)23)20-14(21)11-19-17(24)12-7-4-3-5-8-12/h3-8,10,13H,2,9,11H2,1H3,(H2,18,23)(H,19,24)(H,20,21)/b10-6+/t13-/m0/s1. The van der Waals surface area contributed by atoms with Gasteiger partial charge in [0, 0.05) is 11.6 Å². The van der Waals surface area contributed by atoms with Crippen LogP contribution in [0.3, 0.4) is 0 Å². The molecule has 0 heterocycles. The number of amides is 3. The zero-order valence-corrected chi connectivity index (χ0v) is 13.9. The number of carbonyl (C=O) groups is 4. The highest BCUT2D eigenvalue weighted by Crippen LogP contribution is 1.98. The second-order valence-corrected chi connectivity index (χ2v) is 4.96. The van der Waals surface area contributed by atoms with Crippen molar-refractivity contribution in [1.29, 1.82) is 0 Å². The molecule has 0 unspecified atom stereocenters. The van der Waals surface area contributed by atoms with Gasteiger partial charge in [-0.15, -0.1) is 0 Å². The number of esters is 1. The minimum absolute atomic E-state index is 0.0342. The number of carbonyl (C=O) groups excluding carboxylic acids is 4. The molecule has 1 aromatic carbocycles. The Bertz CT molecular complexity index is 643. The Hall–Kier alpha value is -3.16. The van der Waals surface area contributed by atoms with Crippen molar-refractivity contribution in [2.24, 2.45) is 5.73 Å². The summed E-state index contributed by atoms with van der Waals surface area (Å²) in [6, 6.07) is 7.40. The number of ether oxygens (including phenoxy) is 1. The van der Waals surface area contributed by atoms with Gasteiger partial charge in [0.15, 0.2) is 0 Å². The van der Waals surface area contributed by atoms with Crippen LogP contribution >= 0.6 is 0 Å². The summed E-state index contributed by atoms with van der Waals surface area (Å²) in [6.45, 7) is 1.60. The zero-order valence-electron chi connectivity index (χ0n) is 13.9. The number of benzene rings is 1. The van der Waals surface area contributed by atoms with E-state index in [1.54, 1.807) is 37.3 Å². The summed E-state index contributed by atoms with van der Waals surface area (Å²) in [5.41, 5.74) is 5.63. The van der Waals surface area contributed by atoms with Crippen molar-refractivity contribution < 1.29 is 23.9 Å². The third-order valence-electron chi connectivity index (χ3n) is 3.04. The molecular formula is C17H21N3O5. The highest BCUT2D eigenvalue weighted by atomic mass is 16.5. The Balaban J connectivity index is 2.46. The second kappa shape index (κ2) is 10.6.